The van der Waals surface area contributed by atoms with E-state index < -0.39 is 36.2 Å². The van der Waals surface area contributed by atoms with E-state index in [0.29, 0.717) is 5.69 Å². The smallest absolute Gasteiger partial charge is 0.445 e. The normalized spacial score (nSPS) is 13.2. The first kappa shape index (κ1) is 22.7. The van der Waals surface area contributed by atoms with E-state index in [-0.39, 0.29) is 23.6 Å². The zero-order chi connectivity index (χ0) is 22.4. The summed E-state index contributed by atoms with van der Waals surface area (Å²) in [6, 6.07) is 5.15. The average molecular weight is 421 g/mol. The van der Waals surface area contributed by atoms with Gasteiger partial charge < -0.3 is 19.5 Å². The predicted octanol–water partition coefficient (Wildman–Crippen LogP) is 3.46. The van der Waals surface area contributed by atoms with Gasteiger partial charge in [0.1, 0.15) is 17.1 Å². The summed E-state index contributed by atoms with van der Waals surface area (Å²) >= 11 is 0. The van der Waals surface area contributed by atoms with Crippen molar-refractivity contribution in [2.45, 2.75) is 39.9 Å². The van der Waals surface area contributed by atoms with Gasteiger partial charge in [0.15, 0.2) is 0 Å². The van der Waals surface area contributed by atoms with E-state index in [1.165, 1.54) is 24.3 Å². The molecule has 0 radical (unpaired) electrons. The van der Waals surface area contributed by atoms with Crippen molar-refractivity contribution in [3.05, 3.63) is 53.7 Å². The monoisotopic (exact) mass is 421 g/mol. The summed E-state index contributed by atoms with van der Waals surface area (Å²) in [5.74, 6) is -1.12. The third kappa shape index (κ3) is 5.97. The van der Waals surface area contributed by atoms with Gasteiger partial charge in [0, 0.05) is 0 Å². The van der Waals surface area contributed by atoms with E-state index >= 15 is 0 Å². The third-order valence-corrected chi connectivity index (χ3v) is 3.62. The number of amides is 2. The van der Waals surface area contributed by atoms with Gasteiger partial charge in [0.25, 0.3) is 5.91 Å². The Bertz CT molecular complexity index is 864. The fraction of sp³-hybridized carbons (Fsp3) is 0.350. The Morgan fingerprint density at radius 2 is 1.73 bits per heavy atom. The number of nitrogens with one attached hydrogen (secondary N) is 2. The van der Waals surface area contributed by atoms with Gasteiger partial charge in [-0.15, -0.1) is 0 Å². The lowest BCUT2D eigenvalue weighted by atomic mass is 10.2. The second kappa shape index (κ2) is 9.77. The molecule has 0 bridgehead atoms. The number of benzene rings is 1. The fourth-order valence-electron chi connectivity index (χ4n) is 2.40. The van der Waals surface area contributed by atoms with Crippen LogP contribution in [0.15, 0.2) is 47.9 Å². The van der Waals surface area contributed by atoms with Crippen LogP contribution in [0.3, 0.4) is 0 Å². The second-order valence-corrected chi connectivity index (χ2v) is 6.83. The van der Waals surface area contributed by atoms with Crippen molar-refractivity contribution in [1.82, 2.24) is 10.3 Å². The molecule has 2 amide bonds. The number of ether oxygens (including phenoxy) is 3. The Labute approximate surface area is 173 Å². The summed E-state index contributed by atoms with van der Waals surface area (Å²) in [7, 11) is 0. The number of hydrogen-bond acceptors (Lipinski definition) is 7. The number of carbonyl (C=O) groups excluding carboxylic acids is 3. The van der Waals surface area contributed by atoms with Crippen molar-refractivity contribution in [2.75, 3.05) is 12.0 Å². The first-order chi connectivity index (χ1) is 14.1. The molecule has 1 aliphatic heterocycles. The molecule has 0 aromatic heterocycles. The van der Waals surface area contributed by atoms with E-state index in [9.17, 15) is 18.8 Å². The highest BCUT2D eigenvalue weighted by Gasteiger charge is 2.34. The maximum Gasteiger partial charge on any atom is 0.513 e. The lowest BCUT2D eigenvalue weighted by molar-refractivity contribution is -0.116. The van der Waals surface area contributed by atoms with Crippen molar-refractivity contribution in [3.63, 3.8) is 0 Å². The summed E-state index contributed by atoms with van der Waals surface area (Å²) in [5.41, 5.74) is 2.79. The van der Waals surface area contributed by atoms with E-state index in [2.05, 4.69) is 17.3 Å². The number of hydrazine groups is 1. The van der Waals surface area contributed by atoms with E-state index in [0.717, 1.165) is 5.01 Å². The Balaban J connectivity index is 2.34. The summed E-state index contributed by atoms with van der Waals surface area (Å²) in [6.45, 7) is 10.3. The highest BCUT2D eigenvalue weighted by molar-refractivity contribution is 6.01. The largest absolute Gasteiger partial charge is 0.513 e. The van der Waals surface area contributed by atoms with Crippen LogP contribution in [0.2, 0.25) is 0 Å². The predicted molar refractivity (Wildman–Crippen MR) is 105 cm³/mol. The molecule has 1 heterocycles. The van der Waals surface area contributed by atoms with Gasteiger partial charge in [0.2, 0.25) is 0 Å². The minimum Gasteiger partial charge on any atom is -0.445 e. The van der Waals surface area contributed by atoms with Crippen LogP contribution in [0.4, 0.5) is 19.7 Å². The summed E-state index contributed by atoms with van der Waals surface area (Å²) in [6.07, 6.45) is -2.75. The molecule has 0 saturated heterocycles. The van der Waals surface area contributed by atoms with E-state index in [1.54, 1.807) is 27.7 Å². The van der Waals surface area contributed by atoms with Crippen LogP contribution >= 0.6 is 0 Å². The number of carbonyl (C=O) groups is 3. The van der Waals surface area contributed by atoms with Crippen LogP contribution in [-0.2, 0) is 19.0 Å². The standard InChI is InChI=1S/C20H24FN3O6/c1-11(2)28-19(26)24(23-15-8-6-14(21)7-9-15)13(5)17-16(10-22-18(17)25)30-20(27)29-12(3)4/h6-9,11-12,23H,5,10H2,1-4H3,(H,22,25). The molecule has 0 fully saturated rings. The first-order valence-electron chi connectivity index (χ1n) is 9.20. The zero-order valence-corrected chi connectivity index (χ0v) is 17.2. The Hall–Kier alpha value is -3.56. The molecule has 30 heavy (non-hydrogen) atoms. The summed E-state index contributed by atoms with van der Waals surface area (Å²) in [5, 5.41) is 3.38. The third-order valence-electron chi connectivity index (χ3n) is 3.62. The summed E-state index contributed by atoms with van der Waals surface area (Å²) in [4.78, 5) is 36.8. The van der Waals surface area contributed by atoms with Gasteiger partial charge in [0.05, 0.1) is 30.1 Å². The van der Waals surface area contributed by atoms with Gasteiger partial charge >= 0.3 is 12.2 Å². The fourth-order valence-corrected chi connectivity index (χ4v) is 2.40. The average Bonchev–Trinajstić information content (AvgIpc) is 2.99. The molecule has 0 unspecified atom stereocenters. The summed E-state index contributed by atoms with van der Waals surface area (Å²) < 4.78 is 28.4. The molecular formula is C20H24FN3O6. The van der Waals surface area contributed by atoms with Crippen LogP contribution < -0.4 is 10.7 Å². The van der Waals surface area contributed by atoms with Crippen LogP contribution in [0, 0.1) is 5.82 Å². The molecule has 1 aromatic carbocycles. The molecule has 162 valence electrons. The Morgan fingerprint density at radius 3 is 2.30 bits per heavy atom. The Kier molecular flexibility index (Phi) is 7.40. The van der Waals surface area contributed by atoms with Gasteiger partial charge in [-0.2, -0.15) is 5.01 Å². The molecule has 1 aromatic rings. The molecular weight excluding hydrogens is 397 g/mol. The van der Waals surface area contributed by atoms with E-state index in [4.69, 9.17) is 14.2 Å². The molecule has 0 spiro atoms. The molecule has 1 aliphatic rings. The Morgan fingerprint density at radius 1 is 1.13 bits per heavy atom. The number of nitrogens with zero attached hydrogens (tertiary/aromatic N) is 1. The molecule has 0 aliphatic carbocycles. The van der Waals surface area contributed by atoms with Gasteiger partial charge in [-0.1, -0.05) is 6.58 Å². The topological polar surface area (TPSA) is 106 Å². The maximum atomic E-state index is 13.2. The van der Waals surface area contributed by atoms with E-state index in [1.807, 2.05) is 0 Å². The SMILES string of the molecule is C=C(C1=C(OC(=O)OC(C)C)CNC1=O)N(Nc1ccc(F)cc1)C(=O)OC(C)C. The highest BCUT2D eigenvalue weighted by Crippen LogP contribution is 2.25. The molecule has 0 atom stereocenters. The molecule has 10 heteroatoms. The maximum absolute atomic E-state index is 13.2. The minimum atomic E-state index is -0.996. The van der Waals surface area contributed by atoms with Crippen LogP contribution in [0.1, 0.15) is 27.7 Å². The van der Waals surface area contributed by atoms with Crippen molar-refractivity contribution < 1.29 is 33.0 Å². The number of hydrogen-bond donors (Lipinski definition) is 2. The van der Waals surface area contributed by atoms with Crippen LogP contribution in [-0.4, -0.2) is 41.9 Å². The lowest BCUT2D eigenvalue weighted by Gasteiger charge is -2.26. The minimum absolute atomic E-state index is 0.0566. The van der Waals surface area contributed by atoms with Gasteiger partial charge in [-0.3, -0.25) is 10.2 Å². The molecule has 0 saturated carbocycles. The quantitative estimate of drug-likeness (QED) is 0.513. The number of anilines is 1. The molecule has 2 rings (SSSR count). The highest BCUT2D eigenvalue weighted by atomic mass is 19.1. The first-order valence-corrected chi connectivity index (χ1v) is 9.20. The molecule has 2 N–H and O–H groups in total. The van der Waals surface area contributed by atoms with Gasteiger partial charge in [-0.05, 0) is 52.0 Å². The number of halogens is 1. The second-order valence-electron chi connectivity index (χ2n) is 6.83. The van der Waals surface area contributed by atoms with Crippen molar-refractivity contribution in [1.29, 1.82) is 0 Å². The van der Waals surface area contributed by atoms with Crippen molar-refractivity contribution in [3.8, 4) is 0 Å². The zero-order valence-electron chi connectivity index (χ0n) is 17.2. The van der Waals surface area contributed by atoms with Crippen LogP contribution in [0.25, 0.3) is 0 Å². The number of rotatable bonds is 7. The lowest BCUT2D eigenvalue weighted by Crippen LogP contribution is -2.38. The molecule has 9 nitrogen and oxygen atoms in total. The van der Waals surface area contributed by atoms with Crippen molar-refractivity contribution in [2.24, 2.45) is 0 Å². The van der Waals surface area contributed by atoms with Gasteiger partial charge in [-0.25, -0.2) is 14.0 Å². The van der Waals surface area contributed by atoms with Crippen LogP contribution in [0.5, 0.6) is 0 Å². The van der Waals surface area contributed by atoms with Crippen molar-refractivity contribution >= 4 is 23.8 Å².